The molecule has 0 aromatic heterocycles. The van der Waals surface area contributed by atoms with E-state index in [1.54, 1.807) is 12.1 Å². The summed E-state index contributed by atoms with van der Waals surface area (Å²) in [5, 5.41) is 11.5. The number of carbonyl (C=O) groups is 1. The number of ketones is 1. The van der Waals surface area contributed by atoms with E-state index in [4.69, 9.17) is 4.74 Å². The fraction of sp³-hybridized carbons (Fsp3) is 0.611. The summed E-state index contributed by atoms with van der Waals surface area (Å²) in [7, 11) is 0. The van der Waals surface area contributed by atoms with Gasteiger partial charge in [0.2, 0.25) is 0 Å². The summed E-state index contributed by atoms with van der Waals surface area (Å²) < 4.78 is 5.44. The molecule has 1 aromatic carbocycles. The number of nitrogens with zero attached hydrogens (tertiary/aromatic N) is 3. The molecule has 1 atom stereocenters. The Kier molecular flexibility index (Phi) is 5.34. The number of hydrogen-bond acceptors (Lipinski definition) is 6. The van der Waals surface area contributed by atoms with Gasteiger partial charge in [0.1, 0.15) is 5.69 Å². The van der Waals surface area contributed by atoms with Crippen molar-refractivity contribution in [3.05, 3.63) is 33.9 Å². The minimum atomic E-state index is -0.390. The van der Waals surface area contributed by atoms with Crippen LogP contribution in [0.4, 0.5) is 11.4 Å². The van der Waals surface area contributed by atoms with Gasteiger partial charge in [0.05, 0.1) is 4.92 Å². The van der Waals surface area contributed by atoms with Crippen molar-refractivity contribution in [2.75, 3.05) is 37.7 Å². The fourth-order valence-electron chi connectivity index (χ4n) is 3.86. The van der Waals surface area contributed by atoms with E-state index < -0.39 is 0 Å². The van der Waals surface area contributed by atoms with Crippen LogP contribution in [0, 0.1) is 10.1 Å². The first kappa shape index (κ1) is 17.8. The summed E-state index contributed by atoms with van der Waals surface area (Å²) in [6.07, 6.45) is 2.11. The maximum Gasteiger partial charge on any atom is 0.293 e. The number of piperazine rings is 1. The van der Waals surface area contributed by atoms with Gasteiger partial charge in [-0.2, -0.15) is 0 Å². The summed E-state index contributed by atoms with van der Waals surface area (Å²) in [5.74, 6) is -0.160. The van der Waals surface area contributed by atoms with Crippen LogP contribution in [-0.4, -0.2) is 60.5 Å². The van der Waals surface area contributed by atoms with E-state index in [2.05, 4.69) is 16.7 Å². The molecule has 2 aliphatic heterocycles. The molecule has 0 N–H and O–H groups in total. The number of Topliss-reactive ketones (excluding diaryl/α,β-unsaturated/α-hetero) is 1. The highest BCUT2D eigenvalue weighted by Crippen LogP contribution is 2.32. The molecule has 0 saturated carbocycles. The molecule has 25 heavy (non-hydrogen) atoms. The molecule has 7 heteroatoms. The number of rotatable bonds is 4. The van der Waals surface area contributed by atoms with E-state index in [0.29, 0.717) is 17.3 Å². The van der Waals surface area contributed by atoms with E-state index >= 15 is 0 Å². The molecule has 2 fully saturated rings. The first-order chi connectivity index (χ1) is 12.0. The minimum absolute atomic E-state index is 0.0130. The van der Waals surface area contributed by atoms with Crippen LogP contribution in [0.3, 0.4) is 0 Å². The van der Waals surface area contributed by atoms with Crippen molar-refractivity contribution < 1.29 is 14.5 Å². The first-order valence-electron chi connectivity index (χ1n) is 8.85. The van der Waals surface area contributed by atoms with Crippen molar-refractivity contribution in [1.82, 2.24) is 4.90 Å². The van der Waals surface area contributed by atoms with Crippen LogP contribution in [-0.2, 0) is 4.74 Å². The monoisotopic (exact) mass is 347 g/mol. The SMILES string of the molecule is CC(=O)c1ccc(N2CCN(C3CCOCC3)C[C@H]2C)c([N+](=O)[O-])c1. The smallest absolute Gasteiger partial charge is 0.293 e. The predicted molar refractivity (Wildman–Crippen MR) is 95.3 cm³/mol. The molecule has 0 spiro atoms. The Labute approximate surface area is 147 Å². The van der Waals surface area contributed by atoms with Crippen molar-refractivity contribution in [3.8, 4) is 0 Å². The third kappa shape index (κ3) is 3.82. The summed E-state index contributed by atoms with van der Waals surface area (Å²) in [4.78, 5) is 27.2. The average Bonchev–Trinajstić information content (AvgIpc) is 2.62. The van der Waals surface area contributed by atoms with Gasteiger partial charge in [-0.25, -0.2) is 0 Å². The summed E-state index contributed by atoms with van der Waals surface area (Å²) in [5.41, 5.74) is 0.997. The van der Waals surface area contributed by atoms with E-state index in [1.165, 1.54) is 13.0 Å². The third-order valence-electron chi connectivity index (χ3n) is 5.25. The lowest BCUT2D eigenvalue weighted by Crippen LogP contribution is -2.56. The molecule has 2 aliphatic rings. The normalized spacial score (nSPS) is 22.8. The Hall–Kier alpha value is -1.99. The molecule has 3 rings (SSSR count). The lowest BCUT2D eigenvalue weighted by molar-refractivity contribution is -0.384. The fourth-order valence-corrected chi connectivity index (χ4v) is 3.86. The highest BCUT2D eigenvalue weighted by molar-refractivity contribution is 5.95. The van der Waals surface area contributed by atoms with Crippen LogP contribution >= 0.6 is 0 Å². The zero-order chi connectivity index (χ0) is 18.0. The largest absolute Gasteiger partial charge is 0.381 e. The topological polar surface area (TPSA) is 75.9 Å². The molecule has 0 unspecified atom stereocenters. The van der Waals surface area contributed by atoms with E-state index in [1.807, 2.05) is 0 Å². The van der Waals surface area contributed by atoms with E-state index in [9.17, 15) is 14.9 Å². The number of anilines is 1. The highest BCUT2D eigenvalue weighted by atomic mass is 16.6. The lowest BCUT2D eigenvalue weighted by atomic mass is 10.0. The van der Waals surface area contributed by atoms with Gasteiger partial charge in [-0.05, 0) is 38.8 Å². The van der Waals surface area contributed by atoms with Gasteiger partial charge >= 0.3 is 0 Å². The second-order valence-electron chi connectivity index (χ2n) is 6.90. The van der Waals surface area contributed by atoms with Crippen LogP contribution in [0.1, 0.15) is 37.0 Å². The van der Waals surface area contributed by atoms with Gasteiger partial charge in [-0.3, -0.25) is 19.8 Å². The Morgan fingerprint density at radius 2 is 2.00 bits per heavy atom. The number of ether oxygens (including phenoxy) is 1. The van der Waals surface area contributed by atoms with Crippen LogP contribution < -0.4 is 4.90 Å². The highest BCUT2D eigenvalue weighted by Gasteiger charge is 2.32. The molecule has 7 nitrogen and oxygen atoms in total. The maximum atomic E-state index is 11.5. The summed E-state index contributed by atoms with van der Waals surface area (Å²) >= 11 is 0. The van der Waals surface area contributed by atoms with Crippen LogP contribution in [0.2, 0.25) is 0 Å². The van der Waals surface area contributed by atoms with Gasteiger partial charge in [0.25, 0.3) is 5.69 Å². The van der Waals surface area contributed by atoms with Crippen molar-refractivity contribution in [1.29, 1.82) is 0 Å². The first-order valence-corrected chi connectivity index (χ1v) is 8.85. The minimum Gasteiger partial charge on any atom is -0.381 e. The van der Waals surface area contributed by atoms with Crippen molar-refractivity contribution >= 4 is 17.2 Å². The molecule has 0 radical (unpaired) electrons. The van der Waals surface area contributed by atoms with Gasteiger partial charge in [-0.1, -0.05) is 0 Å². The molecule has 1 aromatic rings. The van der Waals surface area contributed by atoms with Gasteiger partial charge in [-0.15, -0.1) is 0 Å². The van der Waals surface area contributed by atoms with Gasteiger partial charge in [0, 0.05) is 56.6 Å². The van der Waals surface area contributed by atoms with Crippen LogP contribution in [0.25, 0.3) is 0 Å². The number of carbonyl (C=O) groups excluding carboxylic acids is 1. The molecule has 0 aliphatic carbocycles. The lowest BCUT2D eigenvalue weighted by Gasteiger charge is -2.45. The molecule has 0 amide bonds. The second-order valence-corrected chi connectivity index (χ2v) is 6.90. The van der Waals surface area contributed by atoms with Gasteiger partial charge < -0.3 is 9.64 Å². The van der Waals surface area contributed by atoms with Crippen molar-refractivity contribution in [3.63, 3.8) is 0 Å². The number of nitro groups is 1. The molecular formula is C18H25N3O4. The summed E-state index contributed by atoms with van der Waals surface area (Å²) in [6.45, 7) is 7.69. The number of hydrogen-bond donors (Lipinski definition) is 0. The predicted octanol–water partition coefficient (Wildman–Crippen LogP) is 2.49. The van der Waals surface area contributed by atoms with E-state index in [-0.39, 0.29) is 22.4 Å². The summed E-state index contributed by atoms with van der Waals surface area (Å²) in [6, 6.07) is 5.53. The Bertz CT molecular complexity index is 658. The maximum absolute atomic E-state index is 11.5. The molecule has 2 saturated heterocycles. The van der Waals surface area contributed by atoms with Crippen LogP contribution in [0.5, 0.6) is 0 Å². The standard InChI is InChI=1S/C18H25N3O4/c1-13-12-19(16-5-9-25-10-6-16)7-8-20(13)17-4-3-15(14(2)22)11-18(17)21(23)24/h3-4,11,13,16H,5-10,12H2,1-2H3/t13-/m1/s1. The van der Waals surface area contributed by atoms with Crippen molar-refractivity contribution in [2.24, 2.45) is 0 Å². The zero-order valence-electron chi connectivity index (χ0n) is 14.8. The quantitative estimate of drug-likeness (QED) is 0.473. The average molecular weight is 347 g/mol. The Morgan fingerprint density at radius 1 is 1.28 bits per heavy atom. The number of nitro benzene ring substituents is 1. The molecule has 2 heterocycles. The number of benzene rings is 1. The van der Waals surface area contributed by atoms with Crippen LogP contribution in [0.15, 0.2) is 18.2 Å². The third-order valence-corrected chi connectivity index (χ3v) is 5.25. The van der Waals surface area contributed by atoms with E-state index in [0.717, 1.165) is 45.7 Å². The zero-order valence-corrected chi connectivity index (χ0v) is 14.8. The Balaban J connectivity index is 1.78. The van der Waals surface area contributed by atoms with Crippen molar-refractivity contribution in [2.45, 2.75) is 38.8 Å². The molecule has 0 bridgehead atoms. The van der Waals surface area contributed by atoms with Gasteiger partial charge in [0.15, 0.2) is 5.78 Å². The molecule has 136 valence electrons. The Morgan fingerprint density at radius 3 is 2.60 bits per heavy atom. The molecular weight excluding hydrogens is 322 g/mol. The second kappa shape index (κ2) is 7.49.